The van der Waals surface area contributed by atoms with E-state index in [2.05, 4.69) is 16.9 Å². The van der Waals surface area contributed by atoms with E-state index in [0.29, 0.717) is 0 Å². The second-order valence-corrected chi connectivity index (χ2v) is 3.26. The van der Waals surface area contributed by atoms with Crippen LogP contribution in [-0.2, 0) is 4.79 Å². The Hall–Kier alpha value is -1.25. The number of carbonyl (C=O) groups excluding carboxylic acids is 1. The summed E-state index contributed by atoms with van der Waals surface area (Å²) >= 11 is 0. The lowest BCUT2D eigenvalue weighted by Gasteiger charge is -1.93. The summed E-state index contributed by atoms with van der Waals surface area (Å²) in [5, 5.41) is 0. The van der Waals surface area contributed by atoms with E-state index in [-0.39, 0.29) is 0 Å². The zero-order valence-corrected chi connectivity index (χ0v) is 9.43. The van der Waals surface area contributed by atoms with Gasteiger partial charge in [-0.05, 0) is 6.42 Å². The van der Waals surface area contributed by atoms with Gasteiger partial charge in [0.2, 0.25) is 0 Å². The molecule has 0 amide bonds. The van der Waals surface area contributed by atoms with E-state index in [4.69, 9.17) is 0 Å². The highest BCUT2D eigenvalue weighted by Crippen LogP contribution is 2.02. The summed E-state index contributed by atoms with van der Waals surface area (Å²) in [5.74, 6) is 0. The molecule has 0 atom stereocenters. The van der Waals surface area contributed by atoms with Crippen molar-refractivity contribution >= 4 is 6.29 Å². The molecule has 0 radical (unpaired) electrons. The highest BCUT2D eigenvalue weighted by atomic mass is 16.1. The van der Waals surface area contributed by atoms with Gasteiger partial charge in [-0.1, -0.05) is 32.6 Å². The van der Waals surface area contributed by atoms with Gasteiger partial charge in [0.1, 0.15) is 6.29 Å². The lowest BCUT2D eigenvalue weighted by atomic mass is 10.1. The normalized spacial score (nSPS) is 8.87. The molecule has 0 aromatic carbocycles. The van der Waals surface area contributed by atoms with Crippen LogP contribution >= 0.6 is 0 Å². The monoisotopic (exact) mass is 208 g/mol. The number of aromatic nitrogens is 2. The van der Waals surface area contributed by atoms with Gasteiger partial charge in [-0.2, -0.15) is 0 Å². The molecule has 1 aromatic heterocycles. The fourth-order valence-corrected chi connectivity index (χ4v) is 1.08. The maximum absolute atomic E-state index is 9.84. The second-order valence-electron chi connectivity index (χ2n) is 3.26. The molecule has 3 nitrogen and oxygen atoms in total. The molecule has 0 unspecified atom stereocenters. The van der Waals surface area contributed by atoms with Crippen molar-refractivity contribution in [1.29, 1.82) is 0 Å². The number of rotatable bonds is 6. The molecule has 0 aliphatic carbocycles. The molecular formula is C12H20N2O. The quantitative estimate of drug-likeness (QED) is 0.533. The number of aldehydes is 1. The van der Waals surface area contributed by atoms with Gasteiger partial charge in [0.25, 0.3) is 0 Å². The van der Waals surface area contributed by atoms with E-state index >= 15 is 0 Å². The van der Waals surface area contributed by atoms with Crippen LogP contribution in [-0.4, -0.2) is 16.3 Å². The van der Waals surface area contributed by atoms with E-state index < -0.39 is 0 Å². The topological polar surface area (TPSA) is 42.9 Å². The summed E-state index contributed by atoms with van der Waals surface area (Å²) < 4.78 is 0. The van der Waals surface area contributed by atoms with Crippen LogP contribution in [0.15, 0.2) is 24.8 Å². The van der Waals surface area contributed by atoms with Crippen molar-refractivity contribution < 1.29 is 4.79 Å². The lowest BCUT2D eigenvalue weighted by molar-refractivity contribution is -0.107. The first kappa shape index (κ1) is 13.8. The molecule has 0 spiro atoms. The molecule has 3 heteroatoms. The SMILES string of the molecule is CCCCCCCC=O.c1cnccn1. The van der Waals surface area contributed by atoms with Crippen LogP contribution < -0.4 is 0 Å². The first-order valence-electron chi connectivity index (χ1n) is 5.55. The number of nitrogens with zero attached hydrogens (tertiary/aromatic N) is 2. The van der Waals surface area contributed by atoms with Crippen LogP contribution in [0.3, 0.4) is 0 Å². The Kier molecular flexibility index (Phi) is 11.7. The van der Waals surface area contributed by atoms with Gasteiger partial charge >= 0.3 is 0 Å². The van der Waals surface area contributed by atoms with Gasteiger partial charge in [-0.25, -0.2) is 0 Å². The fraction of sp³-hybridized carbons (Fsp3) is 0.583. The summed E-state index contributed by atoms with van der Waals surface area (Å²) in [6.45, 7) is 2.19. The molecule has 0 bridgehead atoms. The Morgan fingerprint density at radius 2 is 1.47 bits per heavy atom. The number of carbonyl (C=O) groups is 1. The molecule has 1 heterocycles. The largest absolute Gasteiger partial charge is 0.303 e. The maximum Gasteiger partial charge on any atom is 0.119 e. The Labute approximate surface area is 92.0 Å². The van der Waals surface area contributed by atoms with Gasteiger partial charge in [-0.15, -0.1) is 0 Å². The Balaban J connectivity index is 0.000000280. The summed E-state index contributed by atoms with van der Waals surface area (Å²) in [6, 6.07) is 0. The Morgan fingerprint density at radius 3 is 1.87 bits per heavy atom. The summed E-state index contributed by atoms with van der Waals surface area (Å²) in [4.78, 5) is 17.3. The highest BCUT2D eigenvalue weighted by Gasteiger charge is 1.85. The third-order valence-corrected chi connectivity index (χ3v) is 1.90. The standard InChI is InChI=1S/C8H16O.C4H4N2/c1-2-3-4-5-6-7-8-9;1-2-6-4-3-5-1/h8H,2-7H2,1H3;1-4H. The van der Waals surface area contributed by atoms with E-state index in [1.807, 2.05) is 0 Å². The van der Waals surface area contributed by atoms with Crippen LogP contribution in [0.2, 0.25) is 0 Å². The van der Waals surface area contributed by atoms with Crippen molar-refractivity contribution in [2.75, 3.05) is 0 Å². The van der Waals surface area contributed by atoms with Crippen molar-refractivity contribution in [3.05, 3.63) is 24.8 Å². The van der Waals surface area contributed by atoms with Gasteiger partial charge in [0.15, 0.2) is 0 Å². The minimum Gasteiger partial charge on any atom is -0.303 e. The van der Waals surface area contributed by atoms with E-state index in [1.165, 1.54) is 25.7 Å². The van der Waals surface area contributed by atoms with E-state index in [9.17, 15) is 4.79 Å². The van der Waals surface area contributed by atoms with Gasteiger partial charge in [0, 0.05) is 31.2 Å². The summed E-state index contributed by atoms with van der Waals surface area (Å²) in [5.41, 5.74) is 0. The average Bonchev–Trinajstić information content (AvgIpc) is 2.32. The summed E-state index contributed by atoms with van der Waals surface area (Å²) in [6.07, 6.45) is 14.5. The third kappa shape index (κ3) is 12.8. The van der Waals surface area contributed by atoms with Crippen LogP contribution in [0.25, 0.3) is 0 Å². The average molecular weight is 208 g/mol. The molecule has 0 aliphatic rings. The van der Waals surface area contributed by atoms with Crippen molar-refractivity contribution in [3.63, 3.8) is 0 Å². The fourth-order valence-electron chi connectivity index (χ4n) is 1.08. The van der Waals surface area contributed by atoms with Crippen LogP contribution in [0, 0.1) is 0 Å². The minimum absolute atomic E-state index is 0.754. The van der Waals surface area contributed by atoms with Crippen LogP contribution in [0.4, 0.5) is 0 Å². The second kappa shape index (κ2) is 12.8. The first-order valence-corrected chi connectivity index (χ1v) is 5.55. The lowest BCUT2D eigenvalue weighted by Crippen LogP contribution is -1.78. The smallest absolute Gasteiger partial charge is 0.119 e. The molecule has 0 fully saturated rings. The van der Waals surface area contributed by atoms with Crippen molar-refractivity contribution in [1.82, 2.24) is 9.97 Å². The predicted molar refractivity (Wildman–Crippen MR) is 61.5 cm³/mol. The zero-order chi connectivity index (χ0) is 11.2. The Bertz CT molecular complexity index is 187. The van der Waals surface area contributed by atoms with Gasteiger partial charge < -0.3 is 4.79 Å². The zero-order valence-electron chi connectivity index (χ0n) is 9.43. The predicted octanol–water partition coefficient (Wildman–Crippen LogP) is 3.02. The third-order valence-electron chi connectivity index (χ3n) is 1.90. The molecule has 84 valence electrons. The number of hydrogen-bond acceptors (Lipinski definition) is 3. The summed E-state index contributed by atoms with van der Waals surface area (Å²) in [7, 11) is 0. The van der Waals surface area contributed by atoms with Crippen molar-refractivity contribution in [2.24, 2.45) is 0 Å². The Morgan fingerprint density at radius 1 is 0.933 bits per heavy atom. The van der Waals surface area contributed by atoms with E-state index in [1.54, 1.807) is 24.8 Å². The molecule has 1 aromatic rings. The number of hydrogen-bond donors (Lipinski definition) is 0. The first-order chi connectivity index (χ1) is 7.41. The minimum atomic E-state index is 0.754. The molecular weight excluding hydrogens is 188 g/mol. The van der Waals surface area contributed by atoms with Crippen molar-refractivity contribution in [3.8, 4) is 0 Å². The molecule has 0 aliphatic heterocycles. The molecule has 0 saturated heterocycles. The van der Waals surface area contributed by atoms with Gasteiger partial charge in [0.05, 0.1) is 0 Å². The molecule has 15 heavy (non-hydrogen) atoms. The maximum atomic E-state index is 9.84. The number of unbranched alkanes of at least 4 members (excludes halogenated alkanes) is 5. The van der Waals surface area contributed by atoms with Crippen molar-refractivity contribution in [2.45, 2.75) is 45.4 Å². The molecule has 1 rings (SSSR count). The van der Waals surface area contributed by atoms with Gasteiger partial charge in [-0.3, -0.25) is 9.97 Å². The van der Waals surface area contributed by atoms with Crippen LogP contribution in [0.1, 0.15) is 45.4 Å². The molecule has 0 N–H and O–H groups in total. The molecule has 0 saturated carbocycles. The van der Waals surface area contributed by atoms with Crippen LogP contribution in [0.5, 0.6) is 0 Å². The van der Waals surface area contributed by atoms with E-state index in [0.717, 1.165) is 19.1 Å². The highest BCUT2D eigenvalue weighted by molar-refractivity contribution is 5.48.